The zero-order valence-corrected chi connectivity index (χ0v) is 12.6. The van der Waals surface area contributed by atoms with Crippen molar-refractivity contribution in [1.82, 2.24) is 15.2 Å². The van der Waals surface area contributed by atoms with Crippen molar-refractivity contribution in [2.45, 2.75) is 33.2 Å². The van der Waals surface area contributed by atoms with Gasteiger partial charge in [0.1, 0.15) is 0 Å². The van der Waals surface area contributed by atoms with Crippen LogP contribution in [0.1, 0.15) is 38.1 Å². The van der Waals surface area contributed by atoms with E-state index in [4.69, 9.17) is 0 Å². The first-order chi connectivity index (χ1) is 9.83. The van der Waals surface area contributed by atoms with Gasteiger partial charge in [-0.15, -0.1) is 5.10 Å². The number of Topliss-reactive ketones (excluding diaryl/α,β-unsaturated/α-hetero) is 1. The summed E-state index contributed by atoms with van der Waals surface area (Å²) in [7, 11) is 0. The van der Waals surface area contributed by atoms with E-state index in [9.17, 15) is 4.79 Å². The van der Waals surface area contributed by atoms with E-state index >= 15 is 0 Å². The number of aromatic nitrogens is 3. The number of rotatable bonds is 4. The largest absolute Gasteiger partial charge is 0.348 e. The smallest absolute Gasteiger partial charge is 0.245 e. The first-order valence-corrected chi connectivity index (χ1v) is 6.69. The van der Waals surface area contributed by atoms with Gasteiger partial charge in [0.15, 0.2) is 11.6 Å². The third kappa shape index (κ3) is 4.52. The number of nitrogens with zero attached hydrogens (tertiary/aromatic N) is 3. The van der Waals surface area contributed by atoms with Crippen molar-refractivity contribution in [2.75, 3.05) is 10.6 Å². The van der Waals surface area contributed by atoms with E-state index in [0.29, 0.717) is 17.3 Å². The van der Waals surface area contributed by atoms with Crippen molar-refractivity contribution >= 4 is 23.2 Å². The highest BCUT2D eigenvalue weighted by Gasteiger charge is 2.12. The molecule has 1 heterocycles. The Labute approximate surface area is 124 Å². The van der Waals surface area contributed by atoms with E-state index < -0.39 is 0 Å². The molecule has 0 amide bonds. The Kier molecular flexibility index (Phi) is 4.16. The molecule has 0 aliphatic rings. The van der Waals surface area contributed by atoms with Crippen LogP contribution in [0, 0.1) is 0 Å². The maximum absolute atomic E-state index is 11.2. The number of benzene rings is 1. The second kappa shape index (κ2) is 5.87. The Morgan fingerprint density at radius 3 is 2.38 bits per heavy atom. The van der Waals surface area contributed by atoms with E-state index in [1.807, 2.05) is 32.9 Å². The van der Waals surface area contributed by atoms with Crippen molar-refractivity contribution in [3.63, 3.8) is 0 Å². The molecule has 21 heavy (non-hydrogen) atoms. The summed E-state index contributed by atoms with van der Waals surface area (Å²) in [6.45, 7) is 7.62. The molecule has 0 radical (unpaired) electrons. The lowest BCUT2D eigenvalue weighted by Crippen LogP contribution is -2.27. The zero-order valence-electron chi connectivity index (χ0n) is 12.6. The summed E-state index contributed by atoms with van der Waals surface area (Å²) in [6.07, 6.45) is 1.55. The molecule has 0 saturated carbocycles. The molecular weight excluding hydrogens is 266 g/mol. The lowest BCUT2D eigenvalue weighted by Gasteiger charge is -2.20. The van der Waals surface area contributed by atoms with Crippen LogP contribution in [0.2, 0.25) is 0 Å². The molecule has 0 saturated heterocycles. The van der Waals surface area contributed by atoms with Crippen LogP contribution < -0.4 is 10.6 Å². The minimum absolute atomic E-state index is 0.0434. The fraction of sp³-hybridized carbons (Fsp3) is 0.333. The summed E-state index contributed by atoms with van der Waals surface area (Å²) in [5.74, 6) is 1.10. The molecule has 2 rings (SSSR count). The van der Waals surface area contributed by atoms with E-state index in [1.54, 1.807) is 25.3 Å². The Hall–Kier alpha value is -2.50. The second-order valence-corrected chi connectivity index (χ2v) is 5.80. The SMILES string of the molecule is CC(=O)c1ccc(Nc2cnnc(NC(C)(C)C)n2)cc1. The highest BCUT2D eigenvalue weighted by molar-refractivity contribution is 5.94. The van der Waals surface area contributed by atoms with E-state index in [-0.39, 0.29) is 11.3 Å². The lowest BCUT2D eigenvalue weighted by molar-refractivity contribution is 0.101. The average Bonchev–Trinajstić information content (AvgIpc) is 2.37. The standard InChI is InChI=1S/C15H19N5O/c1-10(21)11-5-7-12(8-6-11)17-13-9-16-20-14(18-13)19-15(2,3)4/h5-9H,1-4H3,(H2,17,18,19,20). The molecule has 6 nitrogen and oxygen atoms in total. The molecule has 0 fully saturated rings. The van der Waals surface area contributed by atoms with Crippen LogP contribution in [0.3, 0.4) is 0 Å². The summed E-state index contributed by atoms with van der Waals surface area (Å²) in [5, 5.41) is 14.2. The number of ketones is 1. The van der Waals surface area contributed by atoms with Crippen molar-refractivity contribution in [3.05, 3.63) is 36.0 Å². The van der Waals surface area contributed by atoms with Gasteiger partial charge in [-0.25, -0.2) is 0 Å². The second-order valence-electron chi connectivity index (χ2n) is 5.80. The molecule has 2 N–H and O–H groups in total. The highest BCUT2D eigenvalue weighted by Crippen LogP contribution is 2.16. The molecule has 1 aromatic carbocycles. The lowest BCUT2D eigenvalue weighted by atomic mass is 10.1. The summed E-state index contributed by atoms with van der Waals surface area (Å²) in [6, 6.07) is 7.20. The van der Waals surface area contributed by atoms with Crippen LogP contribution in [0.4, 0.5) is 17.5 Å². The van der Waals surface area contributed by atoms with Crippen molar-refractivity contribution in [2.24, 2.45) is 0 Å². The van der Waals surface area contributed by atoms with Crippen LogP contribution in [0.5, 0.6) is 0 Å². The predicted molar refractivity (Wildman–Crippen MR) is 82.9 cm³/mol. The van der Waals surface area contributed by atoms with Crippen molar-refractivity contribution in [1.29, 1.82) is 0 Å². The molecule has 0 aliphatic heterocycles. The number of carbonyl (C=O) groups excluding carboxylic acids is 1. The summed E-state index contributed by atoms with van der Waals surface area (Å²) in [5.41, 5.74) is 1.38. The first-order valence-electron chi connectivity index (χ1n) is 6.69. The third-order valence-electron chi connectivity index (χ3n) is 2.61. The maximum Gasteiger partial charge on any atom is 0.245 e. The molecule has 6 heteroatoms. The molecule has 0 aliphatic carbocycles. The Morgan fingerprint density at radius 2 is 1.81 bits per heavy atom. The van der Waals surface area contributed by atoms with Crippen LogP contribution in [0.25, 0.3) is 0 Å². The van der Waals surface area contributed by atoms with Crippen LogP contribution in [-0.2, 0) is 0 Å². The molecule has 0 spiro atoms. The van der Waals surface area contributed by atoms with E-state index in [0.717, 1.165) is 5.69 Å². The topological polar surface area (TPSA) is 79.8 Å². The minimum atomic E-state index is -0.135. The molecule has 0 unspecified atom stereocenters. The Balaban J connectivity index is 2.12. The van der Waals surface area contributed by atoms with Gasteiger partial charge in [-0.05, 0) is 52.0 Å². The quantitative estimate of drug-likeness (QED) is 0.840. The minimum Gasteiger partial charge on any atom is -0.348 e. The number of carbonyl (C=O) groups is 1. The van der Waals surface area contributed by atoms with Crippen molar-refractivity contribution in [3.8, 4) is 0 Å². The molecule has 0 atom stereocenters. The molecule has 1 aromatic heterocycles. The number of anilines is 3. The number of nitrogens with one attached hydrogen (secondary N) is 2. The van der Waals surface area contributed by atoms with Gasteiger partial charge < -0.3 is 10.6 Å². The molecule has 110 valence electrons. The number of hydrogen-bond donors (Lipinski definition) is 2. The molecule has 0 bridgehead atoms. The normalized spacial score (nSPS) is 11.0. The van der Waals surface area contributed by atoms with E-state index in [2.05, 4.69) is 25.8 Å². The van der Waals surface area contributed by atoms with E-state index in [1.165, 1.54) is 0 Å². The van der Waals surface area contributed by atoms with Crippen molar-refractivity contribution < 1.29 is 4.79 Å². The first kappa shape index (κ1) is 14.9. The molecular formula is C15H19N5O. The van der Waals surface area contributed by atoms with Gasteiger partial charge in [0.2, 0.25) is 5.95 Å². The monoisotopic (exact) mass is 285 g/mol. The fourth-order valence-electron chi connectivity index (χ4n) is 1.69. The van der Waals surface area contributed by atoms with Gasteiger partial charge in [-0.3, -0.25) is 4.79 Å². The zero-order chi connectivity index (χ0) is 15.5. The van der Waals surface area contributed by atoms with Crippen LogP contribution in [-0.4, -0.2) is 26.5 Å². The fourth-order valence-corrected chi connectivity index (χ4v) is 1.69. The number of hydrogen-bond acceptors (Lipinski definition) is 6. The maximum atomic E-state index is 11.2. The van der Waals surface area contributed by atoms with Gasteiger partial charge in [-0.2, -0.15) is 10.1 Å². The van der Waals surface area contributed by atoms with Crippen LogP contribution >= 0.6 is 0 Å². The van der Waals surface area contributed by atoms with Gasteiger partial charge >= 0.3 is 0 Å². The van der Waals surface area contributed by atoms with Gasteiger partial charge in [0.05, 0.1) is 6.20 Å². The summed E-state index contributed by atoms with van der Waals surface area (Å²) >= 11 is 0. The summed E-state index contributed by atoms with van der Waals surface area (Å²) < 4.78 is 0. The average molecular weight is 285 g/mol. The predicted octanol–water partition coefficient (Wildman–Crippen LogP) is 3.03. The summed E-state index contributed by atoms with van der Waals surface area (Å²) in [4.78, 5) is 15.6. The molecule has 2 aromatic rings. The van der Waals surface area contributed by atoms with Crippen LogP contribution in [0.15, 0.2) is 30.5 Å². The van der Waals surface area contributed by atoms with Gasteiger partial charge in [0.25, 0.3) is 0 Å². The Morgan fingerprint density at radius 1 is 1.14 bits per heavy atom. The highest BCUT2D eigenvalue weighted by atomic mass is 16.1. The third-order valence-corrected chi connectivity index (χ3v) is 2.61. The van der Waals surface area contributed by atoms with Gasteiger partial charge in [-0.1, -0.05) is 0 Å². The van der Waals surface area contributed by atoms with Gasteiger partial charge in [0, 0.05) is 16.8 Å². The Bertz CT molecular complexity index is 631.